The second-order valence-corrected chi connectivity index (χ2v) is 8.76. The number of nitrogens with zero attached hydrogens (tertiary/aromatic N) is 5. The Morgan fingerprint density at radius 2 is 1.83 bits per heavy atom. The molecule has 5 aromatic rings. The fourth-order valence-electron chi connectivity index (χ4n) is 3.31. The summed E-state index contributed by atoms with van der Waals surface area (Å²) in [6, 6.07) is 15.4. The van der Waals surface area contributed by atoms with Crippen molar-refractivity contribution in [1.82, 2.24) is 24.1 Å². The number of para-hydroxylation sites is 1. The Morgan fingerprint density at radius 3 is 2.59 bits per heavy atom. The van der Waals surface area contributed by atoms with Crippen LogP contribution in [0.5, 0.6) is 0 Å². The summed E-state index contributed by atoms with van der Waals surface area (Å²) in [4.78, 5) is 17.8. The lowest BCUT2D eigenvalue weighted by atomic mass is 10.2. The van der Waals surface area contributed by atoms with Crippen molar-refractivity contribution in [3.05, 3.63) is 80.5 Å². The van der Waals surface area contributed by atoms with Gasteiger partial charge in [0, 0.05) is 11.1 Å². The molecule has 8 heteroatoms. The normalized spacial score (nSPS) is 11.5. The lowest BCUT2D eigenvalue weighted by Crippen LogP contribution is -2.21. The predicted octanol–water partition coefficient (Wildman–Crippen LogP) is 4.40. The van der Waals surface area contributed by atoms with Crippen molar-refractivity contribution in [3.63, 3.8) is 0 Å². The van der Waals surface area contributed by atoms with Crippen molar-refractivity contribution in [3.8, 4) is 5.69 Å². The smallest absolute Gasteiger partial charge is 0.267 e. The minimum absolute atomic E-state index is 0.101. The van der Waals surface area contributed by atoms with E-state index in [4.69, 9.17) is 0 Å². The van der Waals surface area contributed by atoms with Gasteiger partial charge >= 0.3 is 0 Å². The van der Waals surface area contributed by atoms with Crippen LogP contribution < -0.4 is 5.56 Å². The summed E-state index contributed by atoms with van der Waals surface area (Å²) < 4.78 is 3.59. The molecule has 2 aromatic carbocycles. The number of aryl methyl sites for hydroxylation is 2. The summed E-state index contributed by atoms with van der Waals surface area (Å²) in [7, 11) is 0. The van der Waals surface area contributed by atoms with E-state index >= 15 is 0 Å². The van der Waals surface area contributed by atoms with Crippen LogP contribution in [0.1, 0.15) is 16.3 Å². The molecular formula is C21H17N5OS2. The van der Waals surface area contributed by atoms with Gasteiger partial charge in [0.05, 0.1) is 27.3 Å². The predicted molar refractivity (Wildman–Crippen MR) is 117 cm³/mol. The third kappa shape index (κ3) is 3.14. The standard InChI is InChI=1S/C21H17N5OS2/c1-13-7-9-16(10-8-13)25-19(27)17-5-3-4-6-18(17)26-20(25)23-24-21(26)29-12-15-11-28-14(2)22-15/h3-11H,12H2,1-2H3. The summed E-state index contributed by atoms with van der Waals surface area (Å²) >= 11 is 3.21. The number of hydrogen-bond acceptors (Lipinski definition) is 6. The summed E-state index contributed by atoms with van der Waals surface area (Å²) in [6.45, 7) is 4.02. The van der Waals surface area contributed by atoms with Crippen LogP contribution in [0.3, 0.4) is 0 Å². The number of benzene rings is 2. The molecule has 0 aliphatic carbocycles. The Balaban J connectivity index is 1.73. The molecule has 5 rings (SSSR count). The van der Waals surface area contributed by atoms with E-state index in [-0.39, 0.29) is 5.56 Å². The lowest BCUT2D eigenvalue weighted by molar-refractivity contribution is 0.929. The molecule has 0 fully saturated rings. The first-order valence-corrected chi connectivity index (χ1v) is 11.0. The van der Waals surface area contributed by atoms with Crippen LogP contribution >= 0.6 is 23.1 Å². The van der Waals surface area contributed by atoms with E-state index in [2.05, 4.69) is 20.6 Å². The zero-order chi connectivity index (χ0) is 20.0. The van der Waals surface area contributed by atoms with Crippen LogP contribution in [0.2, 0.25) is 0 Å². The van der Waals surface area contributed by atoms with E-state index < -0.39 is 0 Å². The molecular weight excluding hydrogens is 402 g/mol. The molecule has 0 N–H and O–H groups in total. The second kappa shape index (κ2) is 7.13. The molecule has 29 heavy (non-hydrogen) atoms. The van der Waals surface area contributed by atoms with Gasteiger partial charge in [-0.05, 0) is 38.1 Å². The Bertz CT molecular complexity index is 1400. The van der Waals surface area contributed by atoms with Crippen molar-refractivity contribution in [2.45, 2.75) is 24.8 Å². The number of thiazole rings is 1. The minimum Gasteiger partial charge on any atom is -0.268 e. The molecule has 0 aliphatic heterocycles. The molecule has 3 aromatic heterocycles. The summed E-state index contributed by atoms with van der Waals surface area (Å²) in [6.07, 6.45) is 0. The maximum absolute atomic E-state index is 13.3. The van der Waals surface area contributed by atoms with E-state index in [1.54, 1.807) is 27.7 Å². The SMILES string of the molecule is Cc1ccc(-n2c(=O)c3ccccc3n3c(SCc4csc(C)n4)nnc23)cc1. The lowest BCUT2D eigenvalue weighted by Gasteiger charge is -2.11. The van der Waals surface area contributed by atoms with Gasteiger partial charge in [0.25, 0.3) is 5.56 Å². The second-order valence-electron chi connectivity index (χ2n) is 6.76. The highest BCUT2D eigenvalue weighted by Gasteiger charge is 2.18. The van der Waals surface area contributed by atoms with Gasteiger partial charge in [-0.25, -0.2) is 9.55 Å². The van der Waals surface area contributed by atoms with Crippen molar-refractivity contribution in [1.29, 1.82) is 0 Å². The molecule has 0 amide bonds. The molecule has 0 spiro atoms. The molecule has 0 unspecified atom stereocenters. The minimum atomic E-state index is -0.101. The van der Waals surface area contributed by atoms with Crippen LogP contribution in [-0.2, 0) is 5.75 Å². The number of aromatic nitrogens is 5. The molecule has 0 atom stereocenters. The number of thioether (sulfide) groups is 1. The Kier molecular flexibility index (Phi) is 4.44. The fourth-order valence-corrected chi connectivity index (χ4v) is 4.86. The average Bonchev–Trinajstić information content (AvgIpc) is 3.34. The highest BCUT2D eigenvalue weighted by molar-refractivity contribution is 7.98. The molecule has 3 heterocycles. The van der Waals surface area contributed by atoms with Gasteiger partial charge in [-0.1, -0.05) is 41.6 Å². The molecule has 144 valence electrons. The third-order valence-electron chi connectivity index (χ3n) is 4.70. The topological polar surface area (TPSA) is 65.1 Å². The quantitative estimate of drug-likeness (QED) is 0.404. The Hall–Kier alpha value is -2.97. The molecule has 0 saturated carbocycles. The molecule has 0 bridgehead atoms. The molecule has 0 aliphatic rings. The van der Waals surface area contributed by atoms with Crippen LogP contribution in [0.15, 0.2) is 63.9 Å². The van der Waals surface area contributed by atoms with E-state index in [1.165, 1.54) is 0 Å². The highest BCUT2D eigenvalue weighted by atomic mass is 32.2. The number of rotatable bonds is 4. The van der Waals surface area contributed by atoms with Gasteiger partial charge in [-0.3, -0.25) is 9.20 Å². The van der Waals surface area contributed by atoms with Gasteiger partial charge in [-0.15, -0.1) is 21.5 Å². The van der Waals surface area contributed by atoms with Crippen molar-refractivity contribution in [2.24, 2.45) is 0 Å². The first kappa shape index (κ1) is 18.1. The summed E-state index contributed by atoms with van der Waals surface area (Å²) in [5, 5.41) is 13.3. The monoisotopic (exact) mass is 419 g/mol. The number of fused-ring (bicyclic) bond motifs is 3. The fraction of sp³-hybridized carbons (Fsp3) is 0.143. The zero-order valence-corrected chi connectivity index (χ0v) is 17.5. The van der Waals surface area contributed by atoms with E-state index in [9.17, 15) is 4.79 Å². The number of hydrogen-bond donors (Lipinski definition) is 0. The zero-order valence-electron chi connectivity index (χ0n) is 15.9. The van der Waals surface area contributed by atoms with Crippen molar-refractivity contribution < 1.29 is 0 Å². The Labute approximate surface area is 174 Å². The average molecular weight is 420 g/mol. The van der Waals surface area contributed by atoms with Crippen LogP contribution in [0.4, 0.5) is 0 Å². The first-order valence-electron chi connectivity index (χ1n) is 9.11. The van der Waals surface area contributed by atoms with Crippen LogP contribution in [0, 0.1) is 13.8 Å². The Morgan fingerprint density at radius 1 is 1.03 bits per heavy atom. The highest BCUT2D eigenvalue weighted by Crippen LogP contribution is 2.26. The van der Waals surface area contributed by atoms with Gasteiger partial charge in [-0.2, -0.15) is 0 Å². The van der Waals surface area contributed by atoms with Gasteiger partial charge in [0.15, 0.2) is 5.16 Å². The van der Waals surface area contributed by atoms with E-state index in [1.807, 2.05) is 66.8 Å². The van der Waals surface area contributed by atoms with Crippen molar-refractivity contribution >= 4 is 39.8 Å². The van der Waals surface area contributed by atoms with Gasteiger partial charge < -0.3 is 0 Å². The molecule has 6 nitrogen and oxygen atoms in total. The maximum atomic E-state index is 13.3. The van der Waals surface area contributed by atoms with Crippen LogP contribution in [-0.4, -0.2) is 24.1 Å². The van der Waals surface area contributed by atoms with E-state index in [0.29, 0.717) is 16.9 Å². The molecule has 0 radical (unpaired) electrons. The van der Waals surface area contributed by atoms with Crippen LogP contribution in [0.25, 0.3) is 22.4 Å². The summed E-state index contributed by atoms with van der Waals surface area (Å²) in [5.74, 6) is 1.21. The van der Waals surface area contributed by atoms with E-state index in [0.717, 1.165) is 32.6 Å². The maximum Gasteiger partial charge on any atom is 0.267 e. The first-order chi connectivity index (χ1) is 14.1. The molecule has 0 saturated heterocycles. The van der Waals surface area contributed by atoms with Crippen molar-refractivity contribution in [2.75, 3.05) is 0 Å². The van der Waals surface area contributed by atoms with Gasteiger partial charge in [0.1, 0.15) is 0 Å². The largest absolute Gasteiger partial charge is 0.268 e. The summed E-state index contributed by atoms with van der Waals surface area (Å²) in [5.41, 5.74) is 3.63. The third-order valence-corrected chi connectivity index (χ3v) is 6.49. The van der Waals surface area contributed by atoms with Gasteiger partial charge in [0.2, 0.25) is 5.78 Å².